The summed E-state index contributed by atoms with van der Waals surface area (Å²) in [5, 5.41) is 10.1. The third-order valence-electron chi connectivity index (χ3n) is 5.31. The molecule has 1 saturated carbocycles. The van der Waals surface area contributed by atoms with Crippen LogP contribution in [0.2, 0.25) is 0 Å². The fourth-order valence-corrected chi connectivity index (χ4v) is 6.21. The number of rotatable bonds is 4. The van der Waals surface area contributed by atoms with Gasteiger partial charge in [0.1, 0.15) is 10.1 Å². The van der Waals surface area contributed by atoms with Gasteiger partial charge in [0.15, 0.2) is 5.16 Å². The monoisotopic (exact) mass is 378 g/mol. The molecule has 2 aromatic heterocycles. The molecule has 134 valence electrons. The van der Waals surface area contributed by atoms with E-state index in [-0.39, 0.29) is 11.6 Å². The molecule has 25 heavy (non-hydrogen) atoms. The maximum Gasteiger partial charge on any atom is 0.316 e. The van der Waals surface area contributed by atoms with Gasteiger partial charge >= 0.3 is 5.97 Å². The number of nitrogens with zero attached hydrogens (tertiary/aromatic N) is 2. The predicted molar refractivity (Wildman–Crippen MR) is 101 cm³/mol. The first-order chi connectivity index (χ1) is 12.1. The van der Waals surface area contributed by atoms with Gasteiger partial charge in [-0.15, -0.1) is 11.3 Å². The second-order valence-corrected chi connectivity index (χ2v) is 9.39. The van der Waals surface area contributed by atoms with Gasteiger partial charge in [-0.05, 0) is 44.6 Å². The molecule has 0 spiro atoms. The molecular weight excluding hydrogens is 356 g/mol. The van der Waals surface area contributed by atoms with Gasteiger partial charge in [-0.2, -0.15) is 0 Å². The maximum absolute atomic E-state index is 13.4. The Morgan fingerprint density at radius 2 is 2.04 bits per heavy atom. The van der Waals surface area contributed by atoms with Crippen LogP contribution in [0.3, 0.4) is 0 Å². The van der Waals surface area contributed by atoms with E-state index in [1.807, 2.05) is 4.57 Å². The van der Waals surface area contributed by atoms with Gasteiger partial charge in [0.2, 0.25) is 0 Å². The van der Waals surface area contributed by atoms with Crippen LogP contribution in [0.4, 0.5) is 0 Å². The number of aryl methyl sites for hydroxylation is 2. The van der Waals surface area contributed by atoms with Crippen LogP contribution in [0.5, 0.6) is 0 Å². The number of hydrogen-bond donors (Lipinski definition) is 1. The van der Waals surface area contributed by atoms with E-state index in [1.54, 1.807) is 18.3 Å². The van der Waals surface area contributed by atoms with Crippen molar-refractivity contribution in [1.82, 2.24) is 9.55 Å². The van der Waals surface area contributed by atoms with Gasteiger partial charge in [-0.3, -0.25) is 14.2 Å². The van der Waals surface area contributed by atoms with Crippen molar-refractivity contribution in [3.63, 3.8) is 0 Å². The van der Waals surface area contributed by atoms with Crippen molar-refractivity contribution < 1.29 is 9.90 Å². The van der Waals surface area contributed by atoms with Crippen molar-refractivity contribution in [2.24, 2.45) is 0 Å². The van der Waals surface area contributed by atoms with Crippen LogP contribution in [0.25, 0.3) is 10.2 Å². The van der Waals surface area contributed by atoms with Crippen LogP contribution in [-0.4, -0.2) is 25.9 Å². The van der Waals surface area contributed by atoms with Crippen molar-refractivity contribution in [3.05, 3.63) is 20.8 Å². The average molecular weight is 379 g/mol. The van der Waals surface area contributed by atoms with Gasteiger partial charge in [-0.1, -0.05) is 31.0 Å². The van der Waals surface area contributed by atoms with E-state index in [0.29, 0.717) is 5.16 Å². The summed E-state index contributed by atoms with van der Waals surface area (Å²) in [6.45, 7) is 1.66. The Bertz CT molecular complexity index is 881. The maximum atomic E-state index is 13.4. The molecule has 1 atom stereocenters. The highest BCUT2D eigenvalue weighted by Crippen LogP contribution is 2.38. The molecule has 5 nitrogen and oxygen atoms in total. The van der Waals surface area contributed by atoms with Crippen LogP contribution in [0, 0.1) is 0 Å². The fraction of sp³-hybridized carbons (Fsp3) is 0.611. The second kappa shape index (κ2) is 6.76. The second-order valence-electron chi connectivity index (χ2n) is 7.00. The Morgan fingerprint density at radius 3 is 2.76 bits per heavy atom. The lowest BCUT2D eigenvalue weighted by Crippen LogP contribution is -2.30. The van der Waals surface area contributed by atoms with Crippen LogP contribution in [0.15, 0.2) is 9.95 Å². The van der Waals surface area contributed by atoms with E-state index in [9.17, 15) is 14.7 Å². The molecule has 0 saturated heterocycles. The first kappa shape index (κ1) is 17.1. The lowest BCUT2D eigenvalue weighted by Gasteiger charge is -2.26. The summed E-state index contributed by atoms with van der Waals surface area (Å²) in [7, 11) is 0. The summed E-state index contributed by atoms with van der Waals surface area (Å²) < 4.78 is 1.83. The van der Waals surface area contributed by atoms with Gasteiger partial charge in [0.05, 0.1) is 5.39 Å². The molecule has 2 aliphatic rings. The third-order valence-corrected chi connectivity index (χ3v) is 7.55. The number of hydrogen-bond acceptors (Lipinski definition) is 5. The average Bonchev–Trinajstić information content (AvgIpc) is 3.16. The summed E-state index contributed by atoms with van der Waals surface area (Å²) in [4.78, 5) is 31.6. The van der Waals surface area contributed by atoms with E-state index < -0.39 is 11.2 Å². The number of aliphatic carboxylic acids is 1. The minimum absolute atomic E-state index is 0.0522. The number of aromatic nitrogens is 2. The van der Waals surface area contributed by atoms with Gasteiger partial charge < -0.3 is 5.11 Å². The number of thioether (sulfide) groups is 1. The molecule has 1 fully saturated rings. The van der Waals surface area contributed by atoms with Gasteiger partial charge in [0.25, 0.3) is 5.56 Å². The number of thiophene rings is 1. The van der Waals surface area contributed by atoms with Crippen LogP contribution >= 0.6 is 23.1 Å². The zero-order chi connectivity index (χ0) is 17.6. The molecule has 0 unspecified atom stereocenters. The zero-order valence-electron chi connectivity index (χ0n) is 14.3. The SMILES string of the molecule is C[C@H](Sc1nc2sc3c(c2c(=O)n1C1CCCCC1)CCC3)C(=O)O. The Kier molecular flexibility index (Phi) is 4.62. The van der Waals surface area contributed by atoms with Crippen LogP contribution < -0.4 is 5.56 Å². The zero-order valence-corrected chi connectivity index (χ0v) is 15.9. The number of carbonyl (C=O) groups is 1. The molecule has 0 radical (unpaired) electrons. The topological polar surface area (TPSA) is 72.2 Å². The lowest BCUT2D eigenvalue weighted by atomic mass is 9.95. The smallest absolute Gasteiger partial charge is 0.316 e. The van der Waals surface area contributed by atoms with Crippen LogP contribution in [0.1, 0.15) is 61.9 Å². The Hall–Kier alpha value is -1.34. The van der Waals surface area contributed by atoms with E-state index in [1.165, 1.54) is 28.6 Å². The predicted octanol–water partition coefficient (Wildman–Crippen LogP) is 4.02. The highest BCUT2D eigenvalue weighted by Gasteiger charge is 2.28. The Balaban J connectivity index is 1.89. The summed E-state index contributed by atoms with van der Waals surface area (Å²) >= 11 is 2.82. The highest BCUT2D eigenvalue weighted by atomic mass is 32.2. The molecule has 7 heteroatoms. The number of fused-ring (bicyclic) bond motifs is 3. The lowest BCUT2D eigenvalue weighted by molar-refractivity contribution is -0.136. The van der Waals surface area contributed by atoms with Crippen LogP contribution in [-0.2, 0) is 17.6 Å². The quantitative estimate of drug-likeness (QED) is 0.643. The minimum Gasteiger partial charge on any atom is -0.480 e. The first-order valence-electron chi connectivity index (χ1n) is 9.02. The van der Waals surface area contributed by atoms with Crippen molar-refractivity contribution >= 4 is 39.3 Å². The fourth-order valence-electron chi connectivity index (χ4n) is 3.99. The molecule has 0 amide bonds. The van der Waals surface area contributed by atoms with Gasteiger partial charge in [0, 0.05) is 10.9 Å². The molecule has 0 aliphatic heterocycles. The van der Waals surface area contributed by atoms with E-state index in [2.05, 4.69) is 0 Å². The standard InChI is InChI=1S/C18H22N2O3S2/c1-10(17(22)23)24-18-19-15-14(12-8-5-9-13(12)25-15)16(21)20(18)11-6-3-2-4-7-11/h10-11H,2-9H2,1H3,(H,22,23)/t10-/m0/s1. The number of carboxylic acids is 1. The summed E-state index contributed by atoms with van der Waals surface area (Å²) in [6.07, 6.45) is 8.53. The first-order valence-corrected chi connectivity index (χ1v) is 10.7. The van der Waals surface area contributed by atoms with E-state index in [0.717, 1.165) is 55.2 Å². The summed E-state index contributed by atoms with van der Waals surface area (Å²) in [6, 6.07) is 0.151. The molecule has 0 bridgehead atoms. The van der Waals surface area contributed by atoms with Crippen molar-refractivity contribution in [1.29, 1.82) is 0 Å². The highest BCUT2D eigenvalue weighted by molar-refractivity contribution is 8.00. The summed E-state index contributed by atoms with van der Waals surface area (Å²) in [5.74, 6) is -0.872. The van der Waals surface area contributed by atoms with Crippen molar-refractivity contribution in [3.8, 4) is 0 Å². The largest absolute Gasteiger partial charge is 0.480 e. The molecule has 2 aliphatic carbocycles. The Morgan fingerprint density at radius 1 is 1.28 bits per heavy atom. The summed E-state index contributed by atoms with van der Waals surface area (Å²) in [5.41, 5.74) is 1.25. The molecule has 2 heterocycles. The Labute approximate surface area is 154 Å². The van der Waals surface area contributed by atoms with E-state index in [4.69, 9.17) is 4.98 Å². The molecule has 4 rings (SSSR count). The number of carboxylic acid groups (broad SMARTS) is 1. The minimum atomic E-state index is -0.872. The molecule has 1 N–H and O–H groups in total. The third kappa shape index (κ3) is 3.01. The van der Waals surface area contributed by atoms with Gasteiger partial charge in [-0.25, -0.2) is 4.98 Å². The van der Waals surface area contributed by atoms with Crippen molar-refractivity contribution in [2.45, 2.75) is 74.7 Å². The van der Waals surface area contributed by atoms with Crippen molar-refractivity contribution in [2.75, 3.05) is 0 Å². The normalized spacial score (nSPS) is 19.2. The molecular formula is C18H22N2O3S2. The van der Waals surface area contributed by atoms with E-state index >= 15 is 0 Å². The molecule has 2 aromatic rings. The molecule has 0 aromatic carbocycles.